The zero-order chi connectivity index (χ0) is 33.7. The highest BCUT2D eigenvalue weighted by molar-refractivity contribution is 5.89. The zero-order valence-electron chi connectivity index (χ0n) is 26.6. The van der Waals surface area contributed by atoms with Gasteiger partial charge in [-0.05, 0) is 68.1 Å². The lowest BCUT2D eigenvalue weighted by molar-refractivity contribution is -0.132. The third-order valence-corrected chi connectivity index (χ3v) is 8.88. The number of fused-ring (bicyclic) bond motifs is 1. The van der Waals surface area contributed by atoms with E-state index in [4.69, 9.17) is 5.11 Å². The Labute approximate surface area is 272 Å². The monoisotopic (exact) mass is 647 g/mol. The van der Waals surface area contributed by atoms with Crippen LogP contribution in [0.1, 0.15) is 43.4 Å². The largest absolute Gasteiger partial charge is 0.465 e. The van der Waals surface area contributed by atoms with E-state index in [1.54, 1.807) is 46.9 Å². The van der Waals surface area contributed by atoms with Crippen molar-refractivity contribution in [3.8, 4) is 11.1 Å². The average molecular weight is 648 g/mol. The molecule has 11 nitrogen and oxygen atoms in total. The fourth-order valence-electron chi connectivity index (χ4n) is 6.66. The van der Waals surface area contributed by atoms with Crippen molar-refractivity contribution < 1.29 is 34.4 Å². The second-order valence-corrected chi connectivity index (χ2v) is 12.1. The summed E-state index contributed by atoms with van der Waals surface area (Å²) in [6.45, 7) is 4.49. The number of piperidine rings is 1. The number of aromatic nitrogens is 2. The van der Waals surface area contributed by atoms with Crippen LogP contribution in [-0.4, -0.2) is 91.9 Å². The van der Waals surface area contributed by atoms with Gasteiger partial charge >= 0.3 is 6.09 Å². The molecule has 0 spiro atoms. The Morgan fingerprint density at radius 3 is 2.51 bits per heavy atom. The first kappa shape index (κ1) is 33.8. The van der Waals surface area contributed by atoms with Gasteiger partial charge in [0.25, 0.3) is 0 Å². The number of nitrogens with one attached hydrogen (secondary N) is 1. The number of amides is 2. The number of para-hydroxylation sites is 1. The molecule has 3 heterocycles. The predicted octanol–water partition coefficient (Wildman–Crippen LogP) is 4.58. The number of carboxylic acid groups (broad SMARTS) is 1. The number of rotatable bonds is 12. The molecule has 1 aliphatic rings. The fraction of sp³-hybridized carbons (Fsp3) is 0.400. The Balaban J connectivity index is 1.30. The summed E-state index contributed by atoms with van der Waals surface area (Å²) >= 11 is 0. The first-order chi connectivity index (χ1) is 22.6. The van der Waals surface area contributed by atoms with Gasteiger partial charge in [-0.25, -0.2) is 14.2 Å². The van der Waals surface area contributed by atoms with Crippen molar-refractivity contribution in [1.29, 1.82) is 0 Å². The SMILES string of the molecule is Cc1c(C2CCCN(C(=O)C[C@@H](C)N(C(=O)O)c3ccc(-c4ccc(NCCO)nc4)cc3)C2)n(C[C@H](O)CO)c2c(F)cccc12. The van der Waals surface area contributed by atoms with E-state index in [0.29, 0.717) is 43.1 Å². The number of halogens is 1. The molecule has 0 aliphatic carbocycles. The summed E-state index contributed by atoms with van der Waals surface area (Å²) < 4.78 is 16.8. The van der Waals surface area contributed by atoms with Crippen molar-refractivity contribution in [3.05, 3.63) is 77.9 Å². The molecule has 1 aliphatic heterocycles. The molecule has 47 heavy (non-hydrogen) atoms. The highest BCUT2D eigenvalue weighted by Gasteiger charge is 2.32. The van der Waals surface area contributed by atoms with Crippen molar-refractivity contribution in [2.75, 3.05) is 43.1 Å². The van der Waals surface area contributed by atoms with Gasteiger partial charge < -0.3 is 35.2 Å². The summed E-state index contributed by atoms with van der Waals surface area (Å²) in [4.78, 5) is 33.3. The van der Waals surface area contributed by atoms with Crippen LogP contribution in [0.3, 0.4) is 0 Å². The minimum Gasteiger partial charge on any atom is -0.465 e. The number of carbonyl (C=O) groups is 2. The van der Waals surface area contributed by atoms with E-state index in [1.165, 1.54) is 11.0 Å². The van der Waals surface area contributed by atoms with Crippen LogP contribution in [0.25, 0.3) is 22.0 Å². The number of pyridine rings is 1. The fourth-order valence-corrected chi connectivity index (χ4v) is 6.66. The third-order valence-electron chi connectivity index (χ3n) is 8.88. The maximum absolute atomic E-state index is 15.1. The van der Waals surface area contributed by atoms with Crippen molar-refractivity contribution in [1.82, 2.24) is 14.5 Å². The van der Waals surface area contributed by atoms with E-state index < -0.39 is 30.7 Å². The Hall–Kier alpha value is -4.52. The summed E-state index contributed by atoms with van der Waals surface area (Å²) in [5.74, 6) is -0.0739. The van der Waals surface area contributed by atoms with Crippen molar-refractivity contribution in [3.63, 3.8) is 0 Å². The smallest absolute Gasteiger partial charge is 0.412 e. The molecular weight excluding hydrogens is 605 g/mol. The normalized spacial score (nSPS) is 16.2. The molecule has 5 rings (SSSR count). The molecule has 1 fully saturated rings. The Bertz CT molecular complexity index is 1690. The number of anilines is 2. The summed E-state index contributed by atoms with van der Waals surface area (Å²) in [7, 11) is 0. The molecule has 0 radical (unpaired) electrons. The van der Waals surface area contributed by atoms with Gasteiger partial charge in [0.2, 0.25) is 5.91 Å². The lowest BCUT2D eigenvalue weighted by atomic mass is 9.91. The quantitative estimate of drug-likeness (QED) is 0.150. The van der Waals surface area contributed by atoms with Crippen molar-refractivity contribution in [2.24, 2.45) is 0 Å². The number of aliphatic hydroxyl groups is 3. The van der Waals surface area contributed by atoms with E-state index in [9.17, 15) is 24.9 Å². The number of aryl methyl sites for hydroxylation is 1. The number of aliphatic hydroxyl groups excluding tert-OH is 3. The predicted molar refractivity (Wildman–Crippen MR) is 178 cm³/mol. The maximum Gasteiger partial charge on any atom is 0.412 e. The second-order valence-electron chi connectivity index (χ2n) is 12.1. The number of likely N-dealkylation sites (tertiary alicyclic amines) is 1. The number of nitrogens with zero attached hydrogens (tertiary/aromatic N) is 4. The van der Waals surface area contributed by atoms with Gasteiger partial charge in [-0.1, -0.05) is 24.3 Å². The van der Waals surface area contributed by atoms with Gasteiger partial charge in [-0.15, -0.1) is 0 Å². The Morgan fingerprint density at radius 1 is 1.11 bits per heavy atom. The van der Waals surface area contributed by atoms with Crippen LogP contribution in [0.15, 0.2) is 60.8 Å². The molecule has 2 aromatic carbocycles. The first-order valence-corrected chi connectivity index (χ1v) is 15.9. The van der Waals surface area contributed by atoms with Gasteiger partial charge in [0.1, 0.15) is 11.6 Å². The Morgan fingerprint density at radius 2 is 1.85 bits per heavy atom. The molecular formula is C35H42FN5O6. The molecule has 0 saturated carbocycles. The zero-order valence-corrected chi connectivity index (χ0v) is 26.6. The third kappa shape index (κ3) is 7.40. The summed E-state index contributed by atoms with van der Waals surface area (Å²) in [6.07, 6.45) is 0.918. The molecule has 2 aromatic heterocycles. The van der Waals surface area contributed by atoms with E-state index in [-0.39, 0.29) is 31.4 Å². The lowest BCUT2D eigenvalue weighted by Gasteiger charge is -2.35. The van der Waals surface area contributed by atoms with Crippen LogP contribution in [0.4, 0.5) is 20.7 Å². The van der Waals surface area contributed by atoms with E-state index >= 15 is 4.39 Å². The first-order valence-electron chi connectivity index (χ1n) is 15.9. The minimum absolute atomic E-state index is 0.000290. The molecule has 12 heteroatoms. The van der Waals surface area contributed by atoms with Crippen molar-refractivity contribution in [2.45, 2.75) is 57.7 Å². The Kier molecular flexibility index (Phi) is 10.7. The minimum atomic E-state index is -1.17. The van der Waals surface area contributed by atoms with Crippen LogP contribution in [0, 0.1) is 12.7 Å². The van der Waals surface area contributed by atoms with Gasteiger partial charge in [0.05, 0.1) is 31.4 Å². The van der Waals surface area contributed by atoms with Crippen molar-refractivity contribution >= 4 is 34.4 Å². The second kappa shape index (κ2) is 14.9. The maximum atomic E-state index is 15.1. The van der Waals surface area contributed by atoms with Gasteiger partial charge in [0, 0.05) is 66.5 Å². The molecule has 4 aromatic rings. The lowest BCUT2D eigenvalue weighted by Crippen LogP contribution is -2.45. The molecule has 0 bridgehead atoms. The molecule has 1 saturated heterocycles. The number of hydrogen-bond acceptors (Lipinski definition) is 7. The van der Waals surface area contributed by atoms with E-state index in [0.717, 1.165) is 34.2 Å². The van der Waals surface area contributed by atoms with Gasteiger partial charge in [-0.3, -0.25) is 9.69 Å². The summed E-state index contributed by atoms with van der Waals surface area (Å²) in [5.41, 5.74) is 4.22. The van der Waals surface area contributed by atoms with Crippen LogP contribution in [0.5, 0.6) is 0 Å². The summed E-state index contributed by atoms with van der Waals surface area (Å²) in [6, 6.07) is 14.9. The summed E-state index contributed by atoms with van der Waals surface area (Å²) in [5, 5.41) is 42.7. The standard InChI is InChI=1S/C35H42FN5O6/c1-22(41(35(46)47)27-11-8-24(9-12-27)25-10-13-31(38-18-25)37-14-16-42)17-32(45)39-15-4-5-26(19-39)33-23(2)29-6-3-7-30(36)34(29)40(33)20-28(44)21-43/h3,6-13,18,22,26,28,42-44H,4-5,14-17,19-21H2,1-2H3,(H,37,38)(H,46,47)/t22-,26?,28+/m1/s1. The topological polar surface area (TPSA) is 151 Å². The molecule has 2 amide bonds. The highest BCUT2D eigenvalue weighted by Crippen LogP contribution is 2.37. The van der Waals surface area contributed by atoms with Crippen LogP contribution in [0.2, 0.25) is 0 Å². The van der Waals surface area contributed by atoms with Crippen LogP contribution < -0.4 is 10.2 Å². The number of benzene rings is 2. The van der Waals surface area contributed by atoms with Gasteiger partial charge in [-0.2, -0.15) is 0 Å². The van der Waals surface area contributed by atoms with Crippen LogP contribution in [-0.2, 0) is 11.3 Å². The molecule has 1 unspecified atom stereocenters. The van der Waals surface area contributed by atoms with Gasteiger partial charge in [0.15, 0.2) is 0 Å². The number of carbonyl (C=O) groups excluding carboxylic acids is 1. The van der Waals surface area contributed by atoms with Crippen LogP contribution >= 0.6 is 0 Å². The highest BCUT2D eigenvalue weighted by atomic mass is 19.1. The molecule has 250 valence electrons. The molecule has 5 N–H and O–H groups in total. The molecule has 3 atom stereocenters. The average Bonchev–Trinajstić information content (AvgIpc) is 3.35. The number of hydrogen-bond donors (Lipinski definition) is 5. The van der Waals surface area contributed by atoms with E-state index in [2.05, 4.69) is 10.3 Å². The van der Waals surface area contributed by atoms with E-state index in [1.807, 2.05) is 31.2 Å².